The van der Waals surface area contributed by atoms with E-state index in [-0.39, 0.29) is 55.6 Å². The second-order valence-corrected chi connectivity index (χ2v) is 8.98. The fraction of sp³-hybridized carbons (Fsp3) is 0.423. The van der Waals surface area contributed by atoms with Gasteiger partial charge in [0.05, 0.1) is 24.1 Å². The molecule has 35 heavy (non-hydrogen) atoms. The molecule has 0 radical (unpaired) electrons. The third-order valence-electron chi connectivity index (χ3n) is 6.29. The lowest BCUT2D eigenvalue weighted by molar-refractivity contribution is -0.130. The van der Waals surface area contributed by atoms with E-state index < -0.39 is 0 Å². The molecule has 0 aromatic heterocycles. The molecule has 2 aliphatic rings. The molecule has 2 heterocycles. The van der Waals surface area contributed by atoms with Gasteiger partial charge in [-0.1, -0.05) is 12.1 Å². The third kappa shape index (κ3) is 5.98. The van der Waals surface area contributed by atoms with Crippen molar-refractivity contribution in [3.63, 3.8) is 0 Å². The summed E-state index contributed by atoms with van der Waals surface area (Å²) in [6, 6.07) is 12.4. The average molecular weight is 482 g/mol. The molecule has 1 saturated heterocycles. The molecule has 1 fully saturated rings. The van der Waals surface area contributed by atoms with Crippen LogP contribution in [-0.4, -0.2) is 68.2 Å². The zero-order valence-electron chi connectivity index (χ0n) is 20.2. The van der Waals surface area contributed by atoms with Crippen molar-refractivity contribution in [1.82, 2.24) is 4.90 Å². The van der Waals surface area contributed by atoms with Crippen LogP contribution < -0.4 is 15.4 Å². The number of carbonyl (C=O) groups excluding carboxylic acids is 3. The molecule has 9 heteroatoms. The van der Waals surface area contributed by atoms with Gasteiger partial charge in [0.25, 0.3) is 5.91 Å². The van der Waals surface area contributed by atoms with E-state index in [2.05, 4.69) is 10.6 Å². The van der Waals surface area contributed by atoms with Crippen LogP contribution in [0.25, 0.3) is 0 Å². The summed E-state index contributed by atoms with van der Waals surface area (Å²) >= 11 is 0. The van der Waals surface area contributed by atoms with Gasteiger partial charge < -0.3 is 29.7 Å². The number of benzene rings is 2. The van der Waals surface area contributed by atoms with Crippen molar-refractivity contribution in [1.29, 1.82) is 0 Å². The number of hydrogen-bond acceptors (Lipinski definition) is 6. The molecule has 4 rings (SSSR count). The van der Waals surface area contributed by atoms with Crippen LogP contribution in [0.4, 0.5) is 11.4 Å². The predicted molar refractivity (Wildman–Crippen MR) is 131 cm³/mol. The molecule has 3 atom stereocenters. The molecule has 0 aliphatic carbocycles. The van der Waals surface area contributed by atoms with E-state index in [0.717, 1.165) is 11.3 Å². The molecule has 3 amide bonds. The molecule has 2 N–H and O–H groups in total. The molecular weight excluding hydrogens is 450 g/mol. The SMILES string of the molecule is COCC(=O)Nc1ccc2c(c1)C(=O)N(C)[C@H]1CC[C@H](CC(=O)Nc3cccc(C)c3)O[C@@H]1CO2. The highest BCUT2D eigenvalue weighted by Crippen LogP contribution is 2.32. The molecular formula is C26H31N3O6. The summed E-state index contributed by atoms with van der Waals surface area (Å²) in [4.78, 5) is 39.4. The molecule has 2 aromatic carbocycles. The molecule has 0 saturated carbocycles. The van der Waals surface area contributed by atoms with Gasteiger partial charge in [0.1, 0.15) is 25.1 Å². The number of rotatable bonds is 6. The Morgan fingerprint density at radius 1 is 1.09 bits per heavy atom. The Bertz CT molecular complexity index is 1100. The van der Waals surface area contributed by atoms with Crippen molar-refractivity contribution in [3.8, 4) is 5.75 Å². The summed E-state index contributed by atoms with van der Waals surface area (Å²) in [5, 5.41) is 5.64. The van der Waals surface area contributed by atoms with Crippen LogP contribution in [-0.2, 0) is 19.1 Å². The van der Waals surface area contributed by atoms with Gasteiger partial charge in [0.2, 0.25) is 11.8 Å². The highest BCUT2D eigenvalue weighted by molar-refractivity contribution is 6.00. The smallest absolute Gasteiger partial charge is 0.257 e. The Kier molecular flexibility index (Phi) is 7.67. The highest BCUT2D eigenvalue weighted by Gasteiger charge is 2.39. The number of amides is 3. The average Bonchev–Trinajstić information content (AvgIpc) is 2.82. The van der Waals surface area contributed by atoms with Crippen molar-refractivity contribution < 1.29 is 28.6 Å². The van der Waals surface area contributed by atoms with Crippen LogP contribution in [0.1, 0.15) is 35.2 Å². The van der Waals surface area contributed by atoms with Crippen LogP contribution in [0, 0.1) is 6.92 Å². The number of anilines is 2. The molecule has 2 aromatic rings. The van der Waals surface area contributed by atoms with Gasteiger partial charge in [-0.05, 0) is 55.7 Å². The molecule has 0 bridgehead atoms. The molecule has 9 nitrogen and oxygen atoms in total. The van der Waals surface area contributed by atoms with Gasteiger partial charge in [-0.15, -0.1) is 0 Å². The number of ether oxygens (including phenoxy) is 3. The largest absolute Gasteiger partial charge is 0.490 e. The second kappa shape index (κ2) is 10.9. The topological polar surface area (TPSA) is 106 Å². The summed E-state index contributed by atoms with van der Waals surface area (Å²) < 4.78 is 17.1. The Hall–Kier alpha value is -3.43. The Morgan fingerprint density at radius 2 is 1.86 bits per heavy atom. The van der Waals surface area contributed by atoms with Crippen molar-refractivity contribution in [3.05, 3.63) is 53.6 Å². The van der Waals surface area contributed by atoms with Gasteiger partial charge in [0, 0.05) is 25.5 Å². The summed E-state index contributed by atoms with van der Waals surface area (Å²) in [6.07, 6.45) is 0.961. The first-order valence-corrected chi connectivity index (χ1v) is 11.7. The Morgan fingerprint density at radius 3 is 2.63 bits per heavy atom. The van der Waals surface area contributed by atoms with E-state index >= 15 is 0 Å². The zero-order valence-corrected chi connectivity index (χ0v) is 20.2. The lowest BCUT2D eigenvalue weighted by Gasteiger charge is -2.42. The van der Waals surface area contributed by atoms with Crippen LogP contribution >= 0.6 is 0 Å². The van der Waals surface area contributed by atoms with Crippen LogP contribution in [0.15, 0.2) is 42.5 Å². The zero-order chi connectivity index (χ0) is 24.9. The quantitative estimate of drug-likeness (QED) is 0.657. The van der Waals surface area contributed by atoms with Gasteiger partial charge in [-0.25, -0.2) is 0 Å². The number of aryl methyl sites for hydroxylation is 1. The van der Waals surface area contributed by atoms with Crippen molar-refractivity contribution in [2.75, 3.05) is 38.0 Å². The van der Waals surface area contributed by atoms with Gasteiger partial charge in [-0.2, -0.15) is 0 Å². The first kappa shape index (κ1) is 24.7. The Labute approximate surface area is 204 Å². The number of likely N-dealkylation sites (N-methyl/N-ethyl adjacent to an activating group) is 1. The number of carbonyl (C=O) groups is 3. The van der Waals surface area contributed by atoms with E-state index in [1.807, 2.05) is 31.2 Å². The molecule has 0 spiro atoms. The minimum absolute atomic E-state index is 0.0767. The normalized spacial score (nSPS) is 21.6. The van der Waals surface area contributed by atoms with Crippen LogP contribution in [0.2, 0.25) is 0 Å². The van der Waals surface area contributed by atoms with E-state index in [4.69, 9.17) is 14.2 Å². The monoisotopic (exact) mass is 481 g/mol. The first-order valence-electron chi connectivity index (χ1n) is 11.7. The fourth-order valence-corrected chi connectivity index (χ4v) is 4.58. The van der Waals surface area contributed by atoms with Crippen molar-refractivity contribution in [2.45, 2.75) is 44.4 Å². The van der Waals surface area contributed by atoms with E-state index in [1.54, 1.807) is 30.1 Å². The number of hydrogen-bond donors (Lipinski definition) is 2. The first-order chi connectivity index (χ1) is 16.8. The van der Waals surface area contributed by atoms with Crippen LogP contribution in [0.3, 0.4) is 0 Å². The van der Waals surface area contributed by atoms with Crippen molar-refractivity contribution in [2.24, 2.45) is 0 Å². The molecule has 0 unspecified atom stereocenters. The number of methoxy groups -OCH3 is 1. The lowest BCUT2D eigenvalue weighted by atomic mass is 9.94. The summed E-state index contributed by atoms with van der Waals surface area (Å²) in [7, 11) is 3.19. The highest BCUT2D eigenvalue weighted by atomic mass is 16.5. The Balaban J connectivity index is 1.42. The number of nitrogens with one attached hydrogen (secondary N) is 2. The second-order valence-electron chi connectivity index (χ2n) is 8.98. The van der Waals surface area contributed by atoms with Gasteiger partial charge in [-0.3, -0.25) is 14.4 Å². The standard InChI is InChI=1S/C26H31N3O6/c1-16-5-4-6-17(11-16)27-24(30)13-19-8-9-21-23(35-19)14-34-22-10-7-18(28-25(31)15-33-3)12-20(22)26(32)29(21)2/h4-7,10-12,19,21,23H,8-9,13-15H2,1-3H3,(H,27,30)(H,28,31)/t19-,21+,23-/m1/s1. The van der Waals surface area contributed by atoms with E-state index in [9.17, 15) is 14.4 Å². The maximum atomic E-state index is 13.3. The minimum atomic E-state index is -0.358. The minimum Gasteiger partial charge on any atom is -0.490 e. The number of nitrogens with zero attached hydrogens (tertiary/aromatic N) is 1. The van der Waals surface area contributed by atoms with Gasteiger partial charge in [0.15, 0.2) is 0 Å². The maximum absolute atomic E-state index is 13.3. The van der Waals surface area contributed by atoms with Crippen LogP contribution in [0.5, 0.6) is 5.75 Å². The summed E-state index contributed by atoms with van der Waals surface area (Å²) in [6.45, 7) is 2.15. The summed E-state index contributed by atoms with van der Waals surface area (Å²) in [5.41, 5.74) is 2.70. The van der Waals surface area contributed by atoms with Gasteiger partial charge >= 0.3 is 0 Å². The predicted octanol–water partition coefficient (Wildman–Crippen LogP) is 2.99. The van der Waals surface area contributed by atoms with Crippen molar-refractivity contribution >= 4 is 29.1 Å². The fourth-order valence-electron chi connectivity index (χ4n) is 4.58. The maximum Gasteiger partial charge on any atom is 0.257 e. The molecule has 186 valence electrons. The van der Waals surface area contributed by atoms with E-state index in [0.29, 0.717) is 29.8 Å². The number of fused-ring (bicyclic) bond motifs is 2. The lowest BCUT2D eigenvalue weighted by Crippen LogP contribution is -2.53. The summed E-state index contributed by atoms with van der Waals surface area (Å²) in [5.74, 6) is -0.202. The third-order valence-corrected chi connectivity index (χ3v) is 6.29. The van der Waals surface area contributed by atoms with E-state index in [1.165, 1.54) is 7.11 Å². The molecule has 2 aliphatic heterocycles.